The lowest BCUT2D eigenvalue weighted by molar-refractivity contribution is 0.159. The number of hydrogen-bond donors (Lipinski definition) is 3. The Morgan fingerprint density at radius 3 is 2.39 bits per heavy atom. The minimum Gasteiger partial charge on any atom is -0.486 e. The highest BCUT2D eigenvalue weighted by Crippen LogP contribution is 2.40. The van der Waals surface area contributed by atoms with E-state index >= 15 is 0 Å². The lowest BCUT2D eigenvalue weighted by Crippen LogP contribution is -2.50. The van der Waals surface area contributed by atoms with Gasteiger partial charge in [0.2, 0.25) is 10.0 Å². The Hall–Kier alpha value is -2.90. The van der Waals surface area contributed by atoms with Crippen LogP contribution in [0.5, 0.6) is 5.75 Å². The molecule has 0 radical (unpaired) electrons. The van der Waals surface area contributed by atoms with Crippen LogP contribution in [0.2, 0.25) is 0 Å². The maximum Gasteiger partial charge on any atom is 0.409 e. The molecule has 2 aromatic rings. The summed E-state index contributed by atoms with van der Waals surface area (Å²) in [6.07, 6.45) is -0.917. The first kappa shape index (κ1) is 24.7. The number of nitrogens with one attached hydrogen (secondary N) is 2. The minimum atomic E-state index is -4.19. The van der Waals surface area contributed by atoms with Crippen LogP contribution in [-0.4, -0.2) is 52.5 Å². The van der Waals surface area contributed by atoms with E-state index in [-0.39, 0.29) is 35.0 Å². The highest BCUT2D eigenvalue weighted by Gasteiger charge is 2.38. The molecular weight excluding hydrogens is 477 g/mol. The van der Waals surface area contributed by atoms with E-state index in [0.29, 0.717) is 0 Å². The van der Waals surface area contributed by atoms with Crippen LogP contribution < -0.4 is 19.1 Å². The number of carbonyl (C=O) groups is 1. The van der Waals surface area contributed by atoms with Gasteiger partial charge >= 0.3 is 6.09 Å². The summed E-state index contributed by atoms with van der Waals surface area (Å²) in [6.45, 7) is 3.11. The normalized spacial score (nSPS) is 16.6. The van der Waals surface area contributed by atoms with E-state index in [4.69, 9.17) is 9.84 Å². The molecule has 3 rings (SSSR count). The summed E-state index contributed by atoms with van der Waals surface area (Å²) in [5.74, 6) is -0.432. The summed E-state index contributed by atoms with van der Waals surface area (Å²) in [4.78, 5) is 10.9. The van der Waals surface area contributed by atoms with Crippen LogP contribution in [0.4, 0.5) is 20.6 Å². The molecule has 1 aliphatic heterocycles. The SMILES string of the molecule is CC(C)(CC1CN(S(=O)(=O)c2ccc(F)cc2)c2cc(NC(=O)O)ccc2O1)NS(C)(=O)=O. The zero-order chi connectivity index (χ0) is 24.6. The highest BCUT2D eigenvalue weighted by atomic mass is 32.2. The van der Waals surface area contributed by atoms with Crippen LogP contribution in [-0.2, 0) is 20.0 Å². The van der Waals surface area contributed by atoms with Gasteiger partial charge in [-0.2, -0.15) is 0 Å². The van der Waals surface area contributed by atoms with E-state index < -0.39 is 43.6 Å². The monoisotopic (exact) mass is 501 g/mol. The smallest absolute Gasteiger partial charge is 0.409 e. The third-order valence-electron chi connectivity index (χ3n) is 4.74. The lowest BCUT2D eigenvalue weighted by atomic mass is 9.97. The van der Waals surface area contributed by atoms with Gasteiger partial charge in [-0.3, -0.25) is 9.62 Å². The summed E-state index contributed by atoms with van der Waals surface area (Å²) >= 11 is 0. The predicted molar refractivity (Wildman–Crippen MR) is 120 cm³/mol. The van der Waals surface area contributed by atoms with Crippen molar-refractivity contribution in [1.29, 1.82) is 0 Å². The first-order chi connectivity index (χ1) is 15.2. The number of carboxylic acid groups (broad SMARTS) is 1. The molecule has 1 atom stereocenters. The fourth-order valence-electron chi connectivity index (χ4n) is 3.69. The van der Waals surface area contributed by atoms with Crippen LogP contribution >= 0.6 is 0 Å². The van der Waals surface area contributed by atoms with Crippen molar-refractivity contribution in [3.63, 3.8) is 0 Å². The second-order valence-corrected chi connectivity index (χ2v) is 11.9. The average Bonchev–Trinajstić information content (AvgIpc) is 2.65. The van der Waals surface area contributed by atoms with Crippen LogP contribution in [0.15, 0.2) is 47.4 Å². The van der Waals surface area contributed by atoms with Crippen molar-refractivity contribution < 1.29 is 35.9 Å². The maximum atomic E-state index is 13.4. The van der Waals surface area contributed by atoms with Crippen molar-refractivity contribution in [2.75, 3.05) is 22.4 Å². The standard InChI is InChI=1S/C20H24FN3O7S2/c1-20(2,23-32(3,27)28)11-15-12-24(33(29,30)16-7-4-13(21)5-8-16)17-10-14(22-19(25)26)6-9-18(17)31-15/h4-10,15,22-23H,11-12H2,1-3H3,(H,25,26). The third kappa shape index (κ3) is 6.12. The number of fused-ring (bicyclic) bond motifs is 1. The molecule has 33 heavy (non-hydrogen) atoms. The van der Waals surface area contributed by atoms with Gasteiger partial charge in [0.25, 0.3) is 10.0 Å². The molecule has 0 spiro atoms. The van der Waals surface area contributed by atoms with Crippen molar-refractivity contribution >= 4 is 37.5 Å². The van der Waals surface area contributed by atoms with Gasteiger partial charge in [0, 0.05) is 17.6 Å². The number of halogens is 1. The molecular formula is C20H24FN3O7S2. The van der Waals surface area contributed by atoms with Gasteiger partial charge in [-0.1, -0.05) is 0 Å². The fourth-order valence-corrected chi connectivity index (χ4v) is 6.28. The number of sulfonamides is 2. The molecule has 1 unspecified atom stereocenters. The Morgan fingerprint density at radius 2 is 1.82 bits per heavy atom. The molecule has 0 saturated carbocycles. The van der Waals surface area contributed by atoms with Crippen molar-refractivity contribution in [2.45, 2.75) is 36.8 Å². The van der Waals surface area contributed by atoms with Gasteiger partial charge in [-0.05, 0) is 56.3 Å². The van der Waals surface area contributed by atoms with Crippen molar-refractivity contribution in [3.8, 4) is 5.75 Å². The second kappa shape index (κ2) is 8.80. The molecule has 2 aromatic carbocycles. The Balaban J connectivity index is 2.03. The zero-order valence-electron chi connectivity index (χ0n) is 18.1. The molecule has 180 valence electrons. The van der Waals surface area contributed by atoms with E-state index in [1.54, 1.807) is 13.8 Å². The first-order valence-electron chi connectivity index (χ1n) is 9.74. The summed E-state index contributed by atoms with van der Waals surface area (Å²) in [5, 5.41) is 11.2. The fraction of sp³-hybridized carbons (Fsp3) is 0.350. The van der Waals surface area contributed by atoms with E-state index in [1.807, 2.05) is 0 Å². The summed E-state index contributed by atoms with van der Waals surface area (Å²) in [7, 11) is -7.72. The van der Waals surface area contributed by atoms with E-state index in [9.17, 15) is 26.0 Å². The largest absolute Gasteiger partial charge is 0.486 e. The number of benzene rings is 2. The Bertz CT molecular complexity index is 1260. The van der Waals surface area contributed by atoms with Crippen LogP contribution in [0, 0.1) is 5.82 Å². The summed E-state index contributed by atoms with van der Waals surface area (Å²) < 4.78 is 73.1. The Labute approximate surface area is 191 Å². The molecule has 0 bridgehead atoms. The lowest BCUT2D eigenvalue weighted by Gasteiger charge is -2.38. The quantitative estimate of drug-likeness (QED) is 0.529. The van der Waals surface area contributed by atoms with Gasteiger partial charge in [0.1, 0.15) is 17.7 Å². The minimum absolute atomic E-state index is 0.0932. The van der Waals surface area contributed by atoms with Crippen LogP contribution in [0.25, 0.3) is 0 Å². The van der Waals surface area contributed by atoms with Gasteiger partial charge in [0.15, 0.2) is 0 Å². The highest BCUT2D eigenvalue weighted by molar-refractivity contribution is 7.92. The molecule has 0 aromatic heterocycles. The van der Waals surface area contributed by atoms with Gasteiger partial charge < -0.3 is 9.84 Å². The summed E-state index contributed by atoms with van der Waals surface area (Å²) in [5.41, 5.74) is -0.733. The number of amides is 1. The number of rotatable bonds is 7. The van der Waals surface area contributed by atoms with Gasteiger partial charge in [-0.15, -0.1) is 0 Å². The predicted octanol–water partition coefficient (Wildman–Crippen LogP) is 2.59. The molecule has 1 aliphatic rings. The van der Waals surface area contributed by atoms with Crippen molar-refractivity contribution in [3.05, 3.63) is 48.3 Å². The number of hydrogen-bond acceptors (Lipinski definition) is 6. The zero-order valence-corrected chi connectivity index (χ0v) is 19.7. The average molecular weight is 502 g/mol. The molecule has 13 heteroatoms. The van der Waals surface area contributed by atoms with Crippen LogP contribution in [0.3, 0.4) is 0 Å². The molecule has 0 aliphatic carbocycles. The number of anilines is 2. The second-order valence-electron chi connectivity index (χ2n) is 8.30. The maximum absolute atomic E-state index is 13.4. The molecule has 3 N–H and O–H groups in total. The topological polar surface area (TPSA) is 142 Å². The molecule has 0 fully saturated rings. The van der Waals surface area contributed by atoms with Gasteiger partial charge in [0.05, 0.1) is 23.4 Å². The molecule has 10 nitrogen and oxygen atoms in total. The molecule has 1 heterocycles. The van der Waals surface area contributed by atoms with E-state index in [0.717, 1.165) is 34.8 Å². The first-order valence-corrected chi connectivity index (χ1v) is 13.1. The number of nitrogens with zero attached hydrogens (tertiary/aromatic N) is 1. The van der Waals surface area contributed by atoms with Crippen molar-refractivity contribution in [1.82, 2.24) is 4.72 Å². The summed E-state index contributed by atoms with van der Waals surface area (Å²) in [6, 6.07) is 8.46. The van der Waals surface area contributed by atoms with Crippen molar-refractivity contribution in [2.24, 2.45) is 0 Å². The van der Waals surface area contributed by atoms with E-state index in [1.165, 1.54) is 18.2 Å². The Kier molecular flexibility index (Phi) is 6.60. The third-order valence-corrected chi connectivity index (χ3v) is 7.46. The van der Waals surface area contributed by atoms with E-state index in [2.05, 4.69) is 10.0 Å². The Morgan fingerprint density at radius 1 is 1.18 bits per heavy atom. The van der Waals surface area contributed by atoms with Gasteiger partial charge in [-0.25, -0.2) is 30.7 Å². The molecule has 1 amide bonds. The van der Waals surface area contributed by atoms with Crippen LogP contribution in [0.1, 0.15) is 20.3 Å². The number of ether oxygens (including phenoxy) is 1. The molecule has 0 saturated heterocycles.